The first-order valence-electron chi connectivity index (χ1n) is 9.36. The van der Waals surface area contributed by atoms with Gasteiger partial charge in [0.1, 0.15) is 5.82 Å². The Morgan fingerprint density at radius 2 is 1.85 bits per heavy atom. The number of H-pyrrole nitrogens is 1. The van der Waals surface area contributed by atoms with Gasteiger partial charge in [-0.1, -0.05) is 13.8 Å². The second kappa shape index (κ2) is 6.68. The first-order chi connectivity index (χ1) is 12.7. The average Bonchev–Trinajstić information content (AvgIpc) is 3.08. The van der Waals surface area contributed by atoms with Crippen molar-refractivity contribution in [1.82, 2.24) is 29.4 Å². The predicted octanol–water partition coefficient (Wildman–Crippen LogP) is -0.335. The molecule has 148 valence electrons. The lowest BCUT2D eigenvalue weighted by atomic mass is 10.0. The second-order valence-corrected chi connectivity index (χ2v) is 10.3. The van der Waals surface area contributed by atoms with Crippen LogP contribution >= 0.6 is 0 Å². The average molecular weight is 395 g/mol. The molecular weight excluding hydrogens is 368 g/mol. The fourth-order valence-corrected chi connectivity index (χ4v) is 6.35. The first kappa shape index (κ1) is 18.6. The Hall–Kier alpha value is -1.78. The lowest BCUT2D eigenvalue weighted by Crippen LogP contribution is -2.59. The van der Waals surface area contributed by atoms with Gasteiger partial charge in [-0.25, -0.2) is 13.4 Å². The molecular formula is C17H26N6O3S. The number of aromatic amines is 1. The third-order valence-electron chi connectivity index (χ3n) is 5.37. The van der Waals surface area contributed by atoms with Crippen LogP contribution in [-0.2, 0) is 16.4 Å². The third-order valence-corrected chi connectivity index (χ3v) is 7.06. The van der Waals surface area contributed by atoms with E-state index in [1.807, 2.05) is 0 Å². The molecule has 0 aromatic carbocycles. The summed E-state index contributed by atoms with van der Waals surface area (Å²) in [5.41, 5.74) is 0.427. The Morgan fingerprint density at radius 3 is 2.56 bits per heavy atom. The normalized spacial score (nSPS) is 26.1. The molecule has 4 heterocycles. The molecule has 2 aliphatic rings. The van der Waals surface area contributed by atoms with Gasteiger partial charge >= 0.3 is 0 Å². The van der Waals surface area contributed by atoms with Crippen molar-refractivity contribution in [2.24, 2.45) is 5.92 Å². The Balaban J connectivity index is 1.60. The van der Waals surface area contributed by atoms with Crippen LogP contribution in [0.25, 0.3) is 5.78 Å². The Bertz CT molecular complexity index is 1010. The molecule has 0 saturated carbocycles. The minimum Gasteiger partial charge on any atom is -0.296 e. The Kier molecular flexibility index (Phi) is 4.59. The molecule has 0 unspecified atom stereocenters. The minimum absolute atomic E-state index is 0.0172. The second-order valence-electron chi connectivity index (χ2n) is 8.10. The topological polar surface area (TPSA) is 104 Å². The lowest BCUT2D eigenvalue weighted by molar-refractivity contribution is 0.0330. The van der Waals surface area contributed by atoms with E-state index < -0.39 is 9.84 Å². The molecule has 2 atom stereocenters. The zero-order valence-electron chi connectivity index (χ0n) is 15.9. The summed E-state index contributed by atoms with van der Waals surface area (Å²) < 4.78 is 26.0. The van der Waals surface area contributed by atoms with Gasteiger partial charge in [0.25, 0.3) is 11.3 Å². The van der Waals surface area contributed by atoms with Crippen LogP contribution in [0.4, 0.5) is 0 Å². The summed E-state index contributed by atoms with van der Waals surface area (Å²) in [5.74, 6) is 1.86. The van der Waals surface area contributed by atoms with Gasteiger partial charge in [-0.15, -0.1) is 0 Å². The van der Waals surface area contributed by atoms with E-state index in [0.29, 0.717) is 29.8 Å². The number of fused-ring (bicyclic) bond motifs is 2. The molecule has 0 bridgehead atoms. The fraction of sp³-hybridized carbons (Fsp3) is 0.706. The van der Waals surface area contributed by atoms with E-state index in [9.17, 15) is 13.2 Å². The van der Waals surface area contributed by atoms with E-state index in [4.69, 9.17) is 0 Å². The van der Waals surface area contributed by atoms with E-state index in [1.165, 1.54) is 10.6 Å². The highest BCUT2D eigenvalue weighted by atomic mass is 32.2. The predicted molar refractivity (Wildman–Crippen MR) is 101 cm³/mol. The number of aryl methyl sites for hydroxylation is 1. The molecule has 10 heteroatoms. The van der Waals surface area contributed by atoms with Crippen LogP contribution in [0.3, 0.4) is 0 Å². The van der Waals surface area contributed by atoms with Crippen molar-refractivity contribution >= 4 is 15.6 Å². The van der Waals surface area contributed by atoms with Gasteiger partial charge in [-0.2, -0.15) is 9.50 Å². The highest BCUT2D eigenvalue weighted by molar-refractivity contribution is 7.91. The maximum atomic E-state index is 12.3. The molecule has 4 rings (SSSR count). The van der Waals surface area contributed by atoms with E-state index in [-0.39, 0.29) is 29.1 Å². The Labute approximate surface area is 158 Å². The van der Waals surface area contributed by atoms with Crippen molar-refractivity contribution in [2.45, 2.75) is 39.4 Å². The number of nitrogens with zero attached hydrogens (tertiary/aromatic N) is 5. The van der Waals surface area contributed by atoms with Crippen molar-refractivity contribution in [3.63, 3.8) is 0 Å². The molecule has 2 aromatic heterocycles. The van der Waals surface area contributed by atoms with Crippen molar-refractivity contribution in [3.05, 3.63) is 27.9 Å². The summed E-state index contributed by atoms with van der Waals surface area (Å²) in [6.07, 6.45) is 0. The van der Waals surface area contributed by atoms with Gasteiger partial charge < -0.3 is 0 Å². The van der Waals surface area contributed by atoms with Gasteiger partial charge in [0, 0.05) is 44.3 Å². The van der Waals surface area contributed by atoms with Gasteiger partial charge in [0.2, 0.25) is 0 Å². The quantitative estimate of drug-likeness (QED) is 0.757. The number of aromatic nitrogens is 4. The standard InChI is InChI=1S/C17H26N6O3S/c1-11(2)7-21-4-5-22(15-10-27(25,26)9-14(15)21)8-13-6-16(24)23-17(19-13)18-12(3)20-23/h6,11,14-15H,4-5,7-10H2,1-3H3,(H,18,19,20)/t14-,15+/m1/s1. The molecule has 2 aromatic rings. The molecule has 0 aliphatic carbocycles. The van der Waals surface area contributed by atoms with Crippen LogP contribution in [0.1, 0.15) is 25.4 Å². The molecule has 0 spiro atoms. The van der Waals surface area contributed by atoms with Crippen LogP contribution in [0, 0.1) is 12.8 Å². The number of hydrogen-bond acceptors (Lipinski definition) is 7. The maximum absolute atomic E-state index is 12.3. The number of sulfone groups is 1. The molecule has 2 aliphatic heterocycles. The van der Waals surface area contributed by atoms with Gasteiger partial charge in [0.15, 0.2) is 9.84 Å². The van der Waals surface area contributed by atoms with E-state index in [2.05, 4.69) is 38.7 Å². The summed E-state index contributed by atoms with van der Waals surface area (Å²) >= 11 is 0. The van der Waals surface area contributed by atoms with Gasteiger partial charge in [0.05, 0.1) is 17.2 Å². The van der Waals surface area contributed by atoms with Gasteiger partial charge in [-0.3, -0.25) is 19.7 Å². The maximum Gasteiger partial charge on any atom is 0.274 e. The van der Waals surface area contributed by atoms with Crippen LogP contribution in [0.15, 0.2) is 10.9 Å². The summed E-state index contributed by atoms with van der Waals surface area (Å²) in [7, 11) is -3.05. The summed E-state index contributed by atoms with van der Waals surface area (Å²) in [6.45, 7) is 9.05. The lowest BCUT2D eigenvalue weighted by Gasteiger charge is -2.44. The summed E-state index contributed by atoms with van der Waals surface area (Å²) in [5, 5.41) is 2.86. The summed E-state index contributed by atoms with van der Waals surface area (Å²) in [4.78, 5) is 25.5. The van der Waals surface area contributed by atoms with Crippen LogP contribution in [0.5, 0.6) is 0 Å². The molecule has 1 N–H and O–H groups in total. The Morgan fingerprint density at radius 1 is 1.19 bits per heavy atom. The fourth-order valence-electron chi connectivity index (χ4n) is 4.31. The van der Waals surface area contributed by atoms with Crippen LogP contribution in [-0.4, -0.2) is 81.0 Å². The smallest absolute Gasteiger partial charge is 0.274 e. The molecule has 9 nitrogen and oxygen atoms in total. The van der Waals surface area contributed by atoms with Crippen molar-refractivity contribution in [2.75, 3.05) is 31.1 Å². The van der Waals surface area contributed by atoms with Crippen molar-refractivity contribution < 1.29 is 8.42 Å². The largest absolute Gasteiger partial charge is 0.296 e. The molecule has 2 fully saturated rings. The third kappa shape index (κ3) is 3.65. The minimum atomic E-state index is -3.05. The number of hydrogen-bond donors (Lipinski definition) is 1. The van der Waals surface area contributed by atoms with Crippen LogP contribution in [0.2, 0.25) is 0 Å². The zero-order valence-corrected chi connectivity index (χ0v) is 16.7. The molecule has 27 heavy (non-hydrogen) atoms. The molecule has 0 radical (unpaired) electrons. The molecule has 2 saturated heterocycles. The van der Waals surface area contributed by atoms with E-state index >= 15 is 0 Å². The summed E-state index contributed by atoms with van der Waals surface area (Å²) in [6, 6.07) is 1.47. The molecule has 0 amide bonds. The highest BCUT2D eigenvalue weighted by Gasteiger charge is 2.46. The number of rotatable bonds is 4. The first-order valence-corrected chi connectivity index (χ1v) is 11.2. The van der Waals surface area contributed by atoms with E-state index in [1.54, 1.807) is 6.92 Å². The van der Waals surface area contributed by atoms with E-state index in [0.717, 1.165) is 19.6 Å². The van der Waals surface area contributed by atoms with Crippen molar-refractivity contribution in [1.29, 1.82) is 0 Å². The van der Waals surface area contributed by atoms with Gasteiger partial charge in [-0.05, 0) is 12.8 Å². The highest BCUT2D eigenvalue weighted by Crippen LogP contribution is 2.28. The monoisotopic (exact) mass is 394 g/mol. The van der Waals surface area contributed by atoms with Crippen molar-refractivity contribution in [3.8, 4) is 0 Å². The number of piperazine rings is 1. The van der Waals surface area contributed by atoms with Crippen LogP contribution < -0.4 is 5.56 Å². The number of nitrogens with one attached hydrogen (secondary N) is 1. The zero-order chi connectivity index (χ0) is 19.3. The SMILES string of the molecule is Cc1nc2nc(CN3CCN(CC(C)C)[C@@H]4CS(=O)(=O)C[C@@H]43)cc(=O)n2[nH]1.